The van der Waals surface area contributed by atoms with Crippen LogP contribution in [0.25, 0.3) is 11.1 Å². The molecule has 0 saturated carbocycles. The number of carbonyl (C=O) groups is 1. The van der Waals surface area contributed by atoms with Crippen molar-refractivity contribution in [1.29, 1.82) is 0 Å². The normalized spacial score (nSPS) is 10.9. The molecule has 0 atom stereocenters. The predicted octanol–water partition coefficient (Wildman–Crippen LogP) is 3.00. The van der Waals surface area contributed by atoms with Gasteiger partial charge in [-0.25, -0.2) is 4.79 Å². The molecule has 1 heterocycles. The van der Waals surface area contributed by atoms with Gasteiger partial charge in [-0.3, -0.25) is 9.36 Å². The molecule has 112 valence electrons. The van der Waals surface area contributed by atoms with Crippen LogP contribution in [0.4, 0.5) is 5.69 Å². The largest absolute Gasteiger partial charge is 0.419 e. The summed E-state index contributed by atoms with van der Waals surface area (Å²) in [6.45, 7) is 3.91. The maximum absolute atomic E-state index is 12.4. The predicted molar refractivity (Wildman–Crippen MR) is 85.3 cm³/mol. The van der Waals surface area contributed by atoms with Gasteiger partial charge in [0.15, 0.2) is 5.58 Å². The Bertz CT molecular complexity index is 935. The molecule has 0 aliphatic heterocycles. The summed E-state index contributed by atoms with van der Waals surface area (Å²) in [5, 5.41) is 2.89. The molecule has 0 unspecified atom stereocenters. The quantitative estimate of drug-likeness (QED) is 0.790. The SMILES string of the molecule is Cc1ccc(C)c(NC(=O)c2ccc3c(c2)oc(=O)n3C)c1. The number of nitrogens with zero attached hydrogens (tertiary/aromatic N) is 1. The number of amides is 1. The standard InChI is InChI=1S/C17H16N2O3/c1-10-4-5-11(2)13(8-10)18-16(20)12-6-7-14-15(9-12)22-17(21)19(14)3/h4-9H,1-3H3,(H,18,20). The first-order chi connectivity index (χ1) is 10.5. The van der Waals surface area contributed by atoms with E-state index in [2.05, 4.69) is 5.32 Å². The number of benzene rings is 2. The molecule has 5 heteroatoms. The molecule has 1 aromatic heterocycles. The highest BCUT2D eigenvalue weighted by Gasteiger charge is 2.12. The van der Waals surface area contributed by atoms with Crippen molar-refractivity contribution in [2.45, 2.75) is 13.8 Å². The molecule has 22 heavy (non-hydrogen) atoms. The highest BCUT2D eigenvalue weighted by atomic mass is 16.4. The molecule has 0 fully saturated rings. The Kier molecular flexibility index (Phi) is 3.33. The van der Waals surface area contributed by atoms with E-state index in [1.165, 1.54) is 4.57 Å². The molecule has 1 N–H and O–H groups in total. The molecule has 0 spiro atoms. The van der Waals surface area contributed by atoms with E-state index < -0.39 is 5.76 Å². The lowest BCUT2D eigenvalue weighted by atomic mass is 10.1. The average molecular weight is 296 g/mol. The summed E-state index contributed by atoms with van der Waals surface area (Å²) in [4.78, 5) is 23.9. The minimum atomic E-state index is -0.443. The zero-order valence-corrected chi connectivity index (χ0v) is 12.6. The maximum atomic E-state index is 12.4. The Morgan fingerprint density at radius 3 is 2.68 bits per heavy atom. The number of oxazole rings is 1. The molecular weight excluding hydrogens is 280 g/mol. The van der Waals surface area contributed by atoms with Crippen molar-refractivity contribution in [3.63, 3.8) is 0 Å². The fraction of sp³-hybridized carbons (Fsp3) is 0.176. The molecule has 0 aliphatic rings. The molecular formula is C17H16N2O3. The molecule has 0 saturated heterocycles. The smallest absolute Gasteiger partial charge is 0.408 e. The van der Waals surface area contributed by atoms with Gasteiger partial charge in [0.05, 0.1) is 5.52 Å². The number of hydrogen-bond acceptors (Lipinski definition) is 3. The van der Waals surface area contributed by atoms with E-state index in [4.69, 9.17) is 4.42 Å². The van der Waals surface area contributed by atoms with Gasteiger partial charge in [0.2, 0.25) is 0 Å². The molecule has 2 aromatic carbocycles. The Balaban J connectivity index is 1.95. The first-order valence-electron chi connectivity index (χ1n) is 6.94. The Hall–Kier alpha value is -2.82. The summed E-state index contributed by atoms with van der Waals surface area (Å²) < 4.78 is 6.51. The second-order valence-corrected chi connectivity index (χ2v) is 5.38. The first-order valence-corrected chi connectivity index (χ1v) is 6.94. The second-order valence-electron chi connectivity index (χ2n) is 5.38. The zero-order chi connectivity index (χ0) is 15.9. The van der Waals surface area contributed by atoms with E-state index in [0.717, 1.165) is 16.8 Å². The zero-order valence-electron chi connectivity index (χ0n) is 12.6. The van der Waals surface area contributed by atoms with Crippen LogP contribution in [-0.2, 0) is 7.05 Å². The lowest BCUT2D eigenvalue weighted by molar-refractivity contribution is 0.102. The number of anilines is 1. The van der Waals surface area contributed by atoms with Crippen molar-refractivity contribution >= 4 is 22.7 Å². The van der Waals surface area contributed by atoms with Crippen molar-refractivity contribution in [3.8, 4) is 0 Å². The fourth-order valence-corrected chi connectivity index (χ4v) is 2.34. The first kappa shape index (κ1) is 14.1. The van der Waals surface area contributed by atoms with Gasteiger partial charge in [0.1, 0.15) is 0 Å². The lowest BCUT2D eigenvalue weighted by Gasteiger charge is -2.09. The topological polar surface area (TPSA) is 64.2 Å². The summed E-state index contributed by atoms with van der Waals surface area (Å²) in [7, 11) is 1.63. The van der Waals surface area contributed by atoms with Crippen LogP contribution in [0.1, 0.15) is 21.5 Å². The van der Waals surface area contributed by atoms with E-state index in [1.54, 1.807) is 25.2 Å². The molecule has 0 aliphatic carbocycles. The van der Waals surface area contributed by atoms with Gasteiger partial charge in [-0.2, -0.15) is 0 Å². The summed E-state index contributed by atoms with van der Waals surface area (Å²) in [6.07, 6.45) is 0. The molecule has 1 amide bonds. The third-order valence-corrected chi connectivity index (χ3v) is 3.70. The van der Waals surface area contributed by atoms with Crippen LogP contribution in [0.2, 0.25) is 0 Å². The van der Waals surface area contributed by atoms with Crippen LogP contribution in [0.15, 0.2) is 45.6 Å². The van der Waals surface area contributed by atoms with Crippen molar-refractivity contribution in [3.05, 3.63) is 63.6 Å². The fourth-order valence-electron chi connectivity index (χ4n) is 2.34. The summed E-state index contributed by atoms with van der Waals surface area (Å²) in [6, 6.07) is 10.8. The van der Waals surface area contributed by atoms with Crippen LogP contribution < -0.4 is 11.1 Å². The Labute approximate surface area is 127 Å². The van der Waals surface area contributed by atoms with E-state index in [0.29, 0.717) is 16.7 Å². The minimum Gasteiger partial charge on any atom is -0.408 e. The van der Waals surface area contributed by atoms with Gasteiger partial charge in [0, 0.05) is 18.3 Å². The van der Waals surface area contributed by atoms with Crippen molar-refractivity contribution in [2.75, 3.05) is 5.32 Å². The van der Waals surface area contributed by atoms with Crippen LogP contribution in [0.5, 0.6) is 0 Å². The van der Waals surface area contributed by atoms with Gasteiger partial charge >= 0.3 is 5.76 Å². The monoisotopic (exact) mass is 296 g/mol. The van der Waals surface area contributed by atoms with Gasteiger partial charge in [-0.15, -0.1) is 0 Å². The van der Waals surface area contributed by atoms with Crippen molar-refractivity contribution in [2.24, 2.45) is 7.05 Å². The second kappa shape index (κ2) is 5.18. The number of nitrogens with one attached hydrogen (secondary N) is 1. The number of fused-ring (bicyclic) bond motifs is 1. The Morgan fingerprint density at radius 2 is 1.91 bits per heavy atom. The van der Waals surface area contributed by atoms with Gasteiger partial charge in [-0.05, 0) is 49.2 Å². The summed E-state index contributed by atoms with van der Waals surface area (Å²) in [5.74, 6) is -0.677. The number of aromatic nitrogens is 1. The molecule has 0 radical (unpaired) electrons. The minimum absolute atomic E-state index is 0.234. The molecule has 5 nitrogen and oxygen atoms in total. The Morgan fingerprint density at radius 1 is 1.14 bits per heavy atom. The van der Waals surface area contributed by atoms with Crippen LogP contribution >= 0.6 is 0 Å². The molecule has 3 aromatic rings. The van der Waals surface area contributed by atoms with Gasteiger partial charge in [-0.1, -0.05) is 12.1 Å². The summed E-state index contributed by atoms with van der Waals surface area (Å²) in [5.41, 5.74) is 4.36. The number of carbonyl (C=O) groups excluding carboxylic acids is 1. The van der Waals surface area contributed by atoms with E-state index in [1.807, 2.05) is 32.0 Å². The van der Waals surface area contributed by atoms with Crippen molar-refractivity contribution in [1.82, 2.24) is 4.57 Å². The number of rotatable bonds is 2. The number of aryl methyl sites for hydroxylation is 3. The highest BCUT2D eigenvalue weighted by Crippen LogP contribution is 2.19. The van der Waals surface area contributed by atoms with E-state index in [-0.39, 0.29) is 5.91 Å². The van der Waals surface area contributed by atoms with Crippen LogP contribution in [-0.4, -0.2) is 10.5 Å². The number of hydrogen-bond donors (Lipinski definition) is 1. The molecule has 3 rings (SSSR count). The van der Waals surface area contributed by atoms with Gasteiger partial charge in [0.25, 0.3) is 5.91 Å². The third-order valence-electron chi connectivity index (χ3n) is 3.70. The van der Waals surface area contributed by atoms with E-state index in [9.17, 15) is 9.59 Å². The van der Waals surface area contributed by atoms with Crippen LogP contribution in [0.3, 0.4) is 0 Å². The van der Waals surface area contributed by atoms with Gasteiger partial charge < -0.3 is 9.73 Å². The van der Waals surface area contributed by atoms with Crippen LogP contribution in [0, 0.1) is 13.8 Å². The maximum Gasteiger partial charge on any atom is 0.419 e. The summed E-state index contributed by atoms with van der Waals surface area (Å²) >= 11 is 0. The lowest BCUT2D eigenvalue weighted by Crippen LogP contribution is -2.12. The van der Waals surface area contributed by atoms with E-state index >= 15 is 0 Å². The molecule has 0 bridgehead atoms. The third kappa shape index (κ3) is 2.41. The van der Waals surface area contributed by atoms with Crippen molar-refractivity contribution < 1.29 is 9.21 Å². The average Bonchev–Trinajstić information content (AvgIpc) is 2.77. The highest BCUT2D eigenvalue weighted by molar-refractivity contribution is 6.06.